The third kappa shape index (κ3) is 2.54. The lowest BCUT2D eigenvalue weighted by molar-refractivity contribution is 0.378. The van der Waals surface area contributed by atoms with E-state index in [1.807, 2.05) is 12.1 Å². The molecule has 2 rings (SSSR count). The quantitative estimate of drug-likeness (QED) is 0.842. The number of hydrogen-bond donors (Lipinski definition) is 1. The SMILES string of the molecule is CCC(N[C@@H](C)c1cccs1)c1ccco1. The lowest BCUT2D eigenvalue weighted by Gasteiger charge is -2.19. The van der Waals surface area contributed by atoms with Gasteiger partial charge in [-0.15, -0.1) is 11.3 Å². The minimum Gasteiger partial charge on any atom is -0.468 e. The van der Waals surface area contributed by atoms with E-state index in [-0.39, 0.29) is 0 Å². The van der Waals surface area contributed by atoms with Crippen molar-refractivity contribution >= 4 is 11.3 Å². The maximum atomic E-state index is 5.45. The summed E-state index contributed by atoms with van der Waals surface area (Å²) in [5.74, 6) is 1.02. The summed E-state index contributed by atoms with van der Waals surface area (Å²) >= 11 is 1.79. The first kappa shape index (κ1) is 11.4. The minimum absolute atomic E-state index is 0.298. The van der Waals surface area contributed by atoms with E-state index in [1.165, 1.54) is 4.88 Å². The Labute approximate surface area is 100 Å². The fourth-order valence-corrected chi connectivity index (χ4v) is 2.56. The summed E-state index contributed by atoms with van der Waals surface area (Å²) in [6.07, 6.45) is 2.76. The number of thiophene rings is 1. The van der Waals surface area contributed by atoms with Crippen molar-refractivity contribution in [1.82, 2.24) is 5.32 Å². The monoisotopic (exact) mass is 235 g/mol. The van der Waals surface area contributed by atoms with E-state index in [1.54, 1.807) is 17.6 Å². The molecule has 0 saturated heterocycles. The summed E-state index contributed by atoms with van der Waals surface area (Å²) in [4.78, 5) is 1.37. The third-order valence-electron chi connectivity index (χ3n) is 2.72. The smallest absolute Gasteiger partial charge is 0.120 e. The zero-order valence-electron chi connectivity index (χ0n) is 9.64. The molecule has 0 amide bonds. The van der Waals surface area contributed by atoms with Crippen molar-refractivity contribution in [3.63, 3.8) is 0 Å². The van der Waals surface area contributed by atoms with Crippen LogP contribution in [-0.4, -0.2) is 0 Å². The highest BCUT2D eigenvalue weighted by atomic mass is 32.1. The van der Waals surface area contributed by atoms with E-state index in [9.17, 15) is 0 Å². The average molecular weight is 235 g/mol. The number of furan rings is 1. The number of rotatable bonds is 5. The van der Waals surface area contributed by atoms with Gasteiger partial charge in [0.1, 0.15) is 5.76 Å². The van der Waals surface area contributed by atoms with Crippen LogP contribution in [0.1, 0.15) is 43.0 Å². The summed E-state index contributed by atoms with van der Waals surface area (Å²) in [7, 11) is 0. The van der Waals surface area contributed by atoms with Gasteiger partial charge in [0.25, 0.3) is 0 Å². The zero-order valence-corrected chi connectivity index (χ0v) is 10.5. The molecular formula is C13H17NOS. The molecule has 0 radical (unpaired) electrons. The standard InChI is InChI=1S/C13H17NOS/c1-3-11(12-6-4-8-15-12)14-10(2)13-7-5-9-16-13/h4-11,14H,3H2,1-2H3/t10-,11?/m0/s1. The van der Waals surface area contributed by atoms with Crippen LogP contribution in [0.4, 0.5) is 0 Å². The van der Waals surface area contributed by atoms with Crippen LogP contribution in [-0.2, 0) is 0 Å². The van der Waals surface area contributed by atoms with Gasteiger partial charge in [0.2, 0.25) is 0 Å². The van der Waals surface area contributed by atoms with Crippen molar-refractivity contribution < 1.29 is 4.42 Å². The topological polar surface area (TPSA) is 25.2 Å². The Morgan fingerprint density at radius 2 is 2.25 bits per heavy atom. The molecule has 0 bridgehead atoms. The van der Waals surface area contributed by atoms with Gasteiger partial charge in [0.15, 0.2) is 0 Å². The summed E-state index contributed by atoms with van der Waals surface area (Å²) in [5.41, 5.74) is 0. The molecule has 16 heavy (non-hydrogen) atoms. The lowest BCUT2D eigenvalue weighted by Crippen LogP contribution is -2.23. The summed E-state index contributed by atoms with van der Waals surface area (Å²) in [6.45, 7) is 4.36. The maximum absolute atomic E-state index is 5.45. The van der Waals surface area contributed by atoms with Gasteiger partial charge >= 0.3 is 0 Å². The van der Waals surface area contributed by atoms with Crippen molar-refractivity contribution in [3.05, 3.63) is 46.5 Å². The second kappa shape index (κ2) is 5.32. The Hall–Kier alpha value is -1.06. The van der Waals surface area contributed by atoms with Gasteiger partial charge in [-0.05, 0) is 36.9 Å². The molecule has 2 heterocycles. The molecule has 86 valence electrons. The van der Waals surface area contributed by atoms with Crippen LogP contribution >= 0.6 is 11.3 Å². The molecule has 2 nitrogen and oxygen atoms in total. The fraction of sp³-hybridized carbons (Fsp3) is 0.385. The highest BCUT2D eigenvalue weighted by molar-refractivity contribution is 7.10. The van der Waals surface area contributed by atoms with Crippen molar-refractivity contribution in [1.29, 1.82) is 0 Å². The predicted molar refractivity (Wildman–Crippen MR) is 67.6 cm³/mol. The Morgan fingerprint density at radius 3 is 2.81 bits per heavy atom. The molecule has 0 spiro atoms. The lowest BCUT2D eigenvalue weighted by atomic mass is 10.1. The Balaban J connectivity index is 2.02. The molecule has 0 aliphatic carbocycles. The van der Waals surface area contributed by atoms with Crippen LogP contribution in [0.5, 0.6) is 0 Å². The fourth-order valence-electron chi connectivity index (χ4n) is 1.81. The summed E-state index contributed by atoms with van der Waals surface area (Å²) in [6, 6.07) is 8.89. The average Bonchev–Trinajstić information content (AvgIpc) is 2.96. The van der Waals surface area contributed by atoms with Gasteiger partial charge in [-0.3, -0.25) is 5.32 Å². The first-order valence-corrected chi connectivity index (χ1v) is 6.52. The molecule has 0 aromatic carbocycles. The van der Waals surface area contributed by atoms with Crippen molar-refractivity contribution in [2.75, 3.05) is 0 Å². The van der Waals surface area contributed by atoms with Crippen LogP contribution in [0.3, 0.4) is 0 Å². The summed E-state index contributed by atoms with van der Waals surface area (Å²) < 4.78 is 5.45. The third-order valence-corrected chi connectivity index (χ3v) is 3.77. The highest BCUT2D eigenvalue weighted by Gasteiger charge is 2.16. The minimum atomic E-state index is 0.298. The van der Waals surface area contributed by atoms with E-state index < -0.39 is 0 Å². The van der Waals surface area contributed by atoms with Crippen LogP contribution in [0, 0.1) is 0 Å². The Kier molecular flexibility index (Phi) is 3.80. The predicted octanol–water partition coefficient (Wildman–Crippen LogP) is 4.14. The highest BCUT2D eigenvalue weighted by Crippen LogP contribution is 2.24. The van der Waals surface area contributed by atoms with Crippen LogP contribution < -0.4 is 5.32 Å². The maximum Gasteiger partial charge on any atom is 0.120 e. The van der Waals surface area contributed by atoms with E-state index >= 15 is 0 Å². The second-order valence-electron chi connectivity index (χ2n) is 3.88. The number of hydrogen-bond acceptors (Lipinski definition) is 3. The Bertz CT molecular complexity index is 394. The van der Waals surface area contributed by atoms with E-state index in [2.05, 4.69) is 36.7 Å². The normalized spacial score (nSPS) is 14.9. The van der Waals surface area contributed by atoms with Gasteiger partial charge in [0.05, 0.1) is 12.3 Å². The van der Waals surface area contributed by atoms with Crippen molar-refractivity contribution in [2.45, 2.75) is 32.4 Å². The molecule has 0 saturated carbocycles. The molecule has 0 aliphatic heterocycles. The van der Waals surface area contributed by atoms with Gasteiger partial charge in [-0.1, -0.05) is 13.0 Å². The van der Waals surface area contributed by atoms with Crippen LogP contribution in [0.25, 0.3) is 0 Å². The molecule has 1 unspecified atom stereocenters. The van der Waals surface area contributed by atoms with Gasteiger partial charge in [-0.2, -0.15) is 0 Å². The Morgan fingerprint density at radius 1 is 1.38 bits per heavy atom. The first-order valence-electron chi connectivity index (χ1n) is 5.64. The largest absolute Gasteiger partial charge is 0.468 e. The second-order valence-corrected chi connectivity index (χ2v) is 4.86. The van der Waals surface area contributed by atoms with E-state index in [4.69, 9.17) is 4.42 Å². The molecule has 2 atom stereocenters. The number of nitrogens with one attached hydrogen (secondary N) is 1. The molecule has 0 aliphatic rings. The molecular weight excluding hydrogens is 218 g/mol. The van der Waals surface area contributed by atoms with Crippen molar-refractivity contribution in [2.24, 2.45) is 0 Å². The molecule has 1 N–H and O–H groups in total. The molecule has 0 fully saturated rings. The van der Waals surface area contributed by atoms with E-state index in [0.29, 0.717) is 12.1 Å². The molecule has 2 aromatic rings. The van der Waals surface area contributed by atoms with Gasteiger partial charge < -0.3 is 4.42 Å². The van der Waals surface area contributed by atoms with Gasteiger partial charge in [0, 0.05) is 10.9 Å². The molecule has 3 heteroatoms. The van der Waals surface area contributed by atoms with Gasteiger partial charge in [-0.25, -0.2) is 0 Å². The zero-order chi connectivity index (χ0) is 11.4. The van der Waals surface area contributed by atoms with Crippen molar-refractivity contribution in [3.8, 4) is 0 Å². The summed E-state index contributed by atoms with van der Waals surface area (Å²) in [5, 5.41) is 5.70. The van der Waals surface area contributed by atoms with E-state index in [0.717, 1.165) is 12.2 Å². The van der Waals surface area contributed by atoms with Crippen LogP contribution in [0.15, 0.2) is 40.3 Å². The first-order chi connectivity index (χ1) is 7.81. The molecule has 2 aromatic heterocycles. The van der Waals surface area contributed by atoms with Crippen LogP contribution in [0.2, 0.25) is 0 Å².